The second-order valence-electron chi connectivity index (χ2n) is 6.92. The first-order chi connectivity index (χ1) is 13.1. The van der Waals surface area contributed by atoms with E-state index in [2.05, 4.69) is 10.3 Å². The number of benzene rings is 1. The van der Waals surface area contributed by atoms with Gasteiger partial charge in [-0.1, -0.05) is 30.3 Å². The van der Waals surface area contributed by atoms with Crippen molar-refractivity contribution in [2.45, 2.75) is 52.6 Å². The zero-order valence-corrected chi connectivity index (χ0v) is 16.4. The highest BCUT2D eigenvalue weighted by Crippen LogP contribution is 2.23. The van der Waals surface area contributed by atoms with Crippen LogP contribution in [0.15, 0.2) is 30.3 Å². The van der Waals surface area contributed by atoms with Gasteiger partial charge in [-0.15, -0.1) is 0 Å². The third kappa shape index (κ3) is 3.89. The molecule has 0 radical (unpaired) electrons. The zero-order valence-electron chi connectivity index (χ0n) is 16.4. The van der Waals surface area contributed by atoms with Crippen LogP contribution in [0.3, 0.4) is 0 Å². The summed E-state index contributed by atoms with van der Waals surface area (Å²) in [5, 5.41) is 3.03. The normalized spacial score (nSPS) is 14.3. The van der Waals surface area contributed by atoms with Gasteiger partial charge in [0.05, 0.1) is 11.7 Å². The van der Waals surface area contributed by atoms with Crippen LogP contribution in [0.5, 0.6) is 0 Å². The molecule has 0 spiro atoms. The number of nitrogens with one attached hydrogen (secondary N) is 1. The van der Waals surface area contributed by atoms with Crippen molar-refractivity contribution in [2.24, 2.45) is 0 Å². The van der Waals surface area contributed by atoms with Crippen LogP contribution in [0.2, 0.25) is 0 Å². The first-order valence-corrected chi connectivity index (χ1v) is 9.81. The van der Waals surface area contributed by atoms with E-state index in [4.69, 9.17) is 0 Å². The van der Waals surface area contributed by atoms with Crippen molar-refractivity contribution < 1.29 is 9.59 Å². The van der Waals surface area contributed by atoms with E-state index in [1.54, 1.807) is 4.90 Å². The molecule has 2 aromatic rings. The van der Waals surface area contributed by atoms with Gasteiger partial charge in [-0.25, -0.2) is 4.98 Å². The summed E-state index contributed by atoms with van der Waals surface area (Å²) in [6.45, 7) is 7.87. The largest absolute Gasteiger partial charge is 0.344 e. The SMILES string of the molecule is CCN(CC)C(=O)c1nc(C(=O)NC(C)c2ccccc2)c2n1CCCC2. The lowest BCUT2D eigenvalue weighted by Crippen LogP contribution is -2.33. The van der Waals surface area contributed by atoms with Crippen LogP contribution in [0.4, 0.5) is 0 Å². The van der Waals surface area contributed by atoms with Gasteiger partial charge in [-0.3, -0.25) is 9.59 Å². The third-order valence-corrected chi connectivity index (χ3v) is 5.22. The molecule has 0 bridgehead atoms. The number of hydrogen-bond acceptors (Lipinski definition) is 3. The molecule has 1 unspecified atom stereocenters. The summed E-state index contributed by atoms with van der Waals surface area (Å²) in [5.41, 5.74) is 2.32. The van der Waals surface area contributed by atoms with Crippen molar-refractivity contribution in [1.29, 1.82) is 0 Å². The molecule has 1 N–H and O–H groups in total. The van der Waals surface area contributed by atoms with Crippen LogP contribution in [-0.4, -0.2) is 39.4 Å². The Morgan fingerprint density at radius 2 is 1.89 bits per heavy atom. The molecule has 1 atom stereocenters. The van der Waals surface area contributed by atoms with Gasteiger partial charge in [-0.2, -0.15) is 0 Å². The Morgan fingerprint density at radius 3 is 2.56 bits per heavy atom. The third-order valence-electron chi connectivity index (χ3n) is 5.22. The Balaban J connectivity index is 1.89. The van der Waals surface area contributed by atoms with E-state index in [0.29, 0.717) is 24.6 Å². The minimum absolute atomic E-state index is 0.0988. The van der Waals surface area contributed by atoms with Gasteiger partial charge in [0, 0.05) is 19.6 Å². The Labute approximate surface area is 160 Å². The van der Waals surface area contributed by atoms with Crippen LogP contribution < -0.4 is 5.32 Å². The molecule has 0 aliphatic carbocycles. The first-order valence-electron chi connectivity index (χ1n) is 9.81. The Kier molecular flexibility index (Phi) is 5.94. The average molecular weight is 368 g/mol. The molecule has 6 nitrogen and oxygen atoms in total. The van der Waals surface area contributed by atoms with Crippen molar-refractivity contribution in [2.75, 3.05) is 13.1 Å². The van der Waals surface area contributed by atoms with E-state index < -0.39 is 0 Å². The molecule has 0 saturated carbocycles. The van der Waals surface area contributed by atoms with Crippen molar-refractivity contribution in [3.8, 4) is 0 Å². The predicted molar refractivity (Wildman–Crippen MR) is 105 cm³/mol. The summed E-state index contributed by atoms with van der Waals surface area (Å²) in [5.74, 6) is 0.0832. The summed E-state index contributed by atoms with van der Waals surface area (Å²) >= 11 is 0. The van der Waals surface area contributed by atoms with Crippen molar-refractivity contribution in [1.82, 2.24) is 19.8 Å². The average Bonchev–Trinajstić information content (AvgIpc) is 3.09. The van der Waals surface area contributed by atoms with Gasteiger partial charge in [0.1, 0.15) is 5.69 Å². The van der Waals surface area contributed by atoms with Gasteiger partial charge >= 0.3 is 0 Å². The Bertz CT molecular complexity index is 809. The standard InChI is InChI=1S/C21H28N4O2/c1-4-24(5-2)21(27)19-23-18(17-13-9-10-14-25(17)19)20(26)22-15(3)16-11-7-6-8-12-16/h6-8,11-12,15H,4-5,9-10,13-14H2,1-3H3,(H,22,26). The van der Waals surface area contributed by atoms with Crippen LogP contribution in [0, 0.1) is 0 Å². The maximum atomic E-state index is 12.9. The lowest BCUT2D eigenvalue weighted by Gasteiger charge is -2.21. The van der Waals surface area contributed by atoms with Crippen molar-refractivity contribution in [3.63, 3.8) is 0 Å². The second-order valence-corrected chi connectivity index (χ2v) is 6.92. The minimum Gasteiger partial charge on any atom is -0.344 e. The molecule has 1 aliphatic rings. The van der Waals surface area contributed by atoms with E-state index in [1.807, 2.05) is 55.7 Å². The molecular weight excluding hydrogens is 340 g/mol. The van der Waals surface area contributed by atoms with Crippen LogP contribution in [-0.2, 0) is 13.0 Å². The molecule has 2 amide bonds. The fraction of sp³-hybridized carbons (Fsp3) is 0.476. The minimum atomic E-state index is -0.212. The van der Waals surface area contributed by atoms with Crippen LogP contribution in [0.25, 0.3) is 0 Å². The Hall–Kier alpha value is -2.63. The number of imidazole rings is 1. The smallest absolute Gasteiger partial charge is 0.289 e. The molecule has 1 aromatic heterocycles. The predicted octanol–water partition coefficient (Wildman–Crippen LogP) is 3.19. The summed E-state index contributed by atoms with van der Waals surface area (Å²) in [4.78, 5) is 32.1. The van der Waals surface area contributed by atoms with Gasteiger partial charge in [-0.05, 0) is 45.6 Å². The fourth-order valence-electron chi connectivity index (χ4n) is 3.63. The molecule has 27 heavy (non-hydrogen) atoms. The number of carbonyl (C=O) groups is 2. The van der Waals surface area contributed by atoms with E-state index >= 15 is 0 Å². The number of amides is 2. The summed E-state index contributed by atoms with van der Waals surface area (Å²) < 4.78 is 1.95. The van der Waals surface area contributed by atoms with Gasteiger partial charge in [0.25, 0.3) is 11.8 Å². The quantitative estimate of drug-likeness (QED) is 0.851. The van der Waals surface area contributed by atoms with Crippen LogP contribution >= 0.6 is 0 Å². The number of rotatable bonds is 6. The van der Waals surface area contributed by atoms with E-state index in [0.717, 1.165) is 37.1 Å². The summed E-state index contributed by atoms with van der Waals surface area (Å²) in [6.07, 6.45) is 2.80. The highest BCUT2D eigenvalue weighted by atomic mass is 16.2. The summed E-state index contributed by atoms with van der Waals surface area (Å²) in [6, 6.07) is 9.72. The van der Waals surface area contributed by atoms with Gasteiger partial charge < -0.3 is 14.8 Å². The highest BCUT2D eigenvalue weighted by molar-refractivity contribution is 5.97. The molecular formula is C21H28N4O2. The molecule has 6 heteroatoms. The number of nitrogens with zero attached hydrogens (tertiary/aromatic N) is 3. The highest BCUT2D eigenvalue weighted by Gasteiger charge is 2.29. The Morgan fingerprint density at radius 1 is 1.19 bits per heavy atom. The first kappa shape index (κ1) is 19.1. The molecule has 3 rings (SSSR count). The van der Waals surface area contributed by atoms with Crippen LogP contribution in [0.1, 0.15) is 72.0 Å². The van der Waals surface area contributed by atoms with Crippen molar-refractivity contribution in [3.05, 3.63) is 53.1 Å². The maximum Gasteiger partial charge on any atom is 0.289 e. The maximum absolute atomic E-state index is 12.9. The number of hydrogen-bond donors (Lipinski definition) is 1. The monoisotopic (exact) mass is 368 g/mol. The molecule has 1 aliphatic heterocycles. The van der Waals surface area contributed by atoms with E-state index in [1.165, 1.54) is 0 Å². The topological polar surface area (TPSA) is 67.2 Å². The van der Waals surface area contributed by atoms with E-state index in [9.17, 15) is 9.59 Å². The molecule has 1 aromatic carbocycles. The molecule has 2 heterocycles. The lowest BCUT2D eigenvalue weighted by atomic mass is 10.1. The van der Waals surface area contributed by atoms with E-state index in [-0.39, 0.29) is 17.9 Å². The summed E-state index contributed by atoms with van der Waals surface area (Å²) in [7, 11) is 0. The second kappa shape index (κ2) is 8.37. The molecule has 0 saturated heterocycles. The van der Waals surface area contributed by atoms with Gasteiger partial charge in [0.15, 0.2) is 5.82 Å². The lowest BCUT2D eigenvalue weighted by molar-refractivity contribution is 0.0754. The molecule has 144 valence electrons. The zero-order chi connectivity index (χ0) is 19.4. The number of carbonyl (C=O) groups excluding carboxylic acids is 2. The number of fused-ring (bicyclic) bond motifs is 1. The van der Waals surface area contributed by atoms with Gasteiger partial charge in [0.2, 0.25) is 0 Å². The fourth-order valence-corrected chi connectivity index (χ4v) is 3.63. The van der Waals surface area contributed by atoms with Crippen molar-refractivity contribution >= 4 is 11.8 Å². The molecule has 0 fully saturated rings. The number of aromatic nitrogens is 2.